The van der Waals surface area contributed by atoms with Gasteiger partial charge in [0.1, 0.15) is 6.61 Å². The van der Waals surface area contributed by atoms with Crippen LogP contribution < -0.4 is 14.8 Å². The van der Waals surface area contributed by atoms with Crippen LogP contribution in [0.4, 0.5) is 5.82 Å². The van der Waals surface area contributed by atoms with Crippen molar-refractivity contribution in [1.29, 1.82) is 0 Å². The number of nitrogens with one attached hydrogen (secondary N) is 1. The molecule has 7 nitrogen and oxygen atoms in total. The van der Waals surface area contributed by atoms with Crippen LogP contribution in [0.15, 0.2) is 53.2 Å². The number of ether oxygens (including phenoxy) is 2. The number of aryl methyl sites for hydroxylation is 1. The van der Waals surface area contributed by atoms with E-state index in [0.717, 1.165) is 11.1 Å². The molecule has 1 aromatic heterocycles. The largest absolute Gasteiger partial charge is 0.485 e. The molecule has 0 fully saturated rings. The molecular weight excluding hydrogens is 322 g/mol. The average Bonchev–Trinajstić information content (AvgIpc) is 3.10. The molecule has 126 valence electrons. The number of nitrogens with zero attached hydrogens (tertiary/aromatic N) is 2. The molecule has 4 rings (SSSR count). The van der Waals surface area contributed by atoms with Crippen LogP contribution in [0.5, 0.6) is 11.5 Å². The third-order valence-electron chi connectivity index (χ3n) is 3.86. The lowest BCUT2D eigenvalue weighted by molar-refractivity contribution is -0.125. The van der Waals surface area contributed by atoms with Crippen LogP contribution in [0, 0.1) is 6.92 Å². The Morgan fingerprint density at radius 1 is 1.08 bits per heavy atom. The summed E-state index contributed by atoms with van der Waals surface area (Å²) in [6.45, 7) is 2.11. The van der Waals surface area contributed by atoms with Crippen molar-refractivity contribution in [2.24, 2.45) is 0 Å². The standard InChI is InChI=1S/C18H15N3O4/c1-11-6-8-12(9-7-11)16-17(21-25-20-16)19-18(22)15-10-23-13-4-2-3-5-14(13)24-15/h2-9,15H,10H2,1H3,(H,19,21,22)/t15-/m1/s1. The molecule has 0 bridgehead atoms. The predicted molar refractivity (Wildman–Crippen MR) is 89.5 cm³/mol. The lowest BCUT2D eigenvalue weighted by atomic mass is 10.1. The fourth-order valence-corrected chi connectivity index (χ4v) is 2.52. The van der Waals surface area contributed by atoms with Gasteiger partial charge in [-0.3, -0.25) is 4.79 Å². The second-order valence-corrected chi connectivity index (χ2v) is 5.68. The van der Waals surface area contributed by atoms with Gasteiger partial charge in [-0.1, -0.05) is 42.0 Å². The van der Waals surface area contributed by atoms with Gasteiger partial charge in [0.2, 0.25) is 11.9 Å². The Morgan fingerprint density at radius 2 is 1.84 bits per heavy atom. The van der Waals surface area contributed by atoms with Crippen molar-refractivity contribution in [2.75, 3.05) is 11.9 Å². The van der Waals surface area contributed by atoms with E-state index in [-0.39, 0.29) is 18.3 Å². The highest BCUT2D eigenvalue weighted by Gasteiger charge is 2.29. The van der Waals surface area contributed by atoms with Gasteiger partial charge in [-0.05, 0) is 29.4 Å². The lowest BCUT2D eigenvalue weighted by Crippen LogP contribution is -2.40. The van der Waals surface area contributed by atoms with Gasteiger partial charge in [0.15, 0.2) is 17.2 Å². The second-order valence-electron chi connectivity index (χ2n) is 5.68. The van der Waals surface area contributed by atoms with Crippen molar-refractivity contribution < 1.29 is 18.9 Å². The molecule has 1 atom stereocenters. The number of aromatic nitrogens is 2. The summed E-state index contributed by atoms with van der Waals surface area (Å²) in [5, 5.41) is 10.3. The van der Waals surface area contributed by atoms with E-state index in [1.807, 2.05) is 43.3 Å². The zero-order chi connectivity index (χ0) is 17.2. The lowest BCUT2D eigenvalue weighted by Gasteiger charge is -2.25. The first kappa shape index (κ1) is 15.2. The van der Waals surface area contributed by atoms with E-state index in [1.165, 1.54) is 0 Å². The average molecular weight is 337 g/mol. The van der Waals surface area contributed by atoms with Crippen LogP contribution in [0.3, 0.4) is 0 Å². The third-order valence-corrected chi connectivity index (χ3v) is 3.86. The normalized spacial score (nSPS) is 15.6. The van der Waals surface area contributed by atoms with Crippen LogP contribution in [0.2, 0.25) is 0 Å². The maximum atomic E-state index is 12.5. The Labute approximate surface area is 143 Å². The van der Waals surface area contributed by atoms with Gasteiger partial charge in [0.25, 0.3) is 5.91 Å². The van der Waals surface area contributed by atoms with Gasteiger partial charge in [-0.25, -0.2) is 4.63 Å². The quantitative estimate of drug-likeness (QED) is 0.791. The van der Waals surface area contributed by atoms with E-state index >= 15 is 0 Å². The molecule has 7 heteroatoms. The predicted octanol–water partition coefficient (Wildman–Crippen LogP) is 2.82. The van der Waals surface area contributed by atoms with Crippen LogP contribution in [-0.2, 0) is 4.79 Å². The fourth-order valence-electron chi connectivity index (χ4n) is 2.52. The molecule has 3 aromatic rings. The van der Waals surface area contributed by atoms with E-state index in [0.29, 0.717) is 17.2 Å². The highest BCUT2D eigenvalue weighted by Crippen LogP contribution is 2.31. The molecule has 0 radical (unpaired) electrons. The van der Waals surface area contributed by atoms with Gasteiger partial charge >= 0.3 is 0 Å². The van der Waals surface area contributed by atoms with Crippen molar-refractivity contribution in [2.45, 2.75) is 13.0 Å². The van der Waals surface area contributed by atoms with E-state index in [2.05, 4.69) is 15.6 Å². The Bertz CT molecular complexity index is 905. The molecule has 25 heavy (non-hydrogen) atoms. The highest BCUT2D eigenvalue weighted by molar-refractivity contribution is 5.96. The minimum Gasteiger partial charge on any atom is -0.485 e. The molecule has 0 saturated carbocycles. The number of rotatable bonds is 3. The molecule has 1 aliphatic rings. The summed E-state index contributed by atoms with van der Waals surface area (Å²) >= 11 is 0. The monoisotopic (exact) mass is 337 g/mol. The molecule has 0 saturated heterocycles. The number of para-hydroxylation sites is 2. The smallest absolute Gasteiger partial charge is 0.270 e. The molecule has 1 amide bonds. The first-order valence-corrected chi connectivity index (χ1v) is 7.79. The number of carbonyl (C=O) groups is 1. The van der Waals surface area contributed by atoms with Crippen molar-refractivity contribution in [3.05, 3.63) is 54.1 Å². The summed E-state index contributed by atoms with van der Waals surface area (Å²) in [6, 6.07) is 14.9. The van der Waals surface area contributed by atoms with Crippen molar-refractivity contribution >= 4 is 11.7 Å². The molecule has 0 aliphatic carbocycles. The minimum absolute atomic E-state index is 0.119. The van der Waals surface area contributed by atoms with E-state index < -0.39 is 6.10 Å². The molecule has 1 aliphatic heterocycles. The maximum Gasteiger partial charge on any atom is 0.270 e. The number of amides is 1. The van der Waals surface area contributed by atoms with Gasteiger partial charge < -0.3 is 14.8 Å². The minimum atomic E-state index is -0.780. The second kappa shape index (κ2) is 6.27. The van der Waals surface area contributed by atoms with E-state index in [4.69, 9.17) is 14.1 Å². The third kappa shape index (κ3) is 3.03. The number of fused-ring (bicyclic) bond motifs is 1. The molecular formula is C18H15N3O4. The Morgan fingerprint density at radius 3 is 2.64 bits per heavy atom. The molecule has 1 N–H and O–H groups in total. The Hall–Kier alpha value is -3.35. The van der Waals surface area contributed by atoms with E-state index in [9.17, 15) is 4.79 Å². The van der Waals surface area contributed by atoms with Crippen LogP contribution >= 0.6 is 0 Å². The first-order valence-electron chi connectivity index (χ1n) is 7.79. The van der Waals surface area contributed by atoms with Crippen molar-refractivity contribution in [1.82, 2.24) is 10.3 Å². The zero-order valence-electron chi connectivity index (χ0n) is 13.4. The molecule has 2 heterocycles. The van der Waals surface area contributed by atoms with Gasteiger partial charge in [0, 0.05) is 5.56 Å². The summed E-state index contributed by atoms with van der Waals surface area (Å²) in [7, 11) is 0. The van der Waals surface area contributed by atoms with Crippen LogP contribution in [-0.4, -0.2) is 28.9 Å². The number of hydrogen-bond donors (Lipinski definition) is 1. The Kier molecular flexibility index (Phi) is 3.81. The number of hydrogen-bond acceptors (Lipinski definition) is 6. The van der Waals surface area contributed by atoms with Gasteiger partial charge in [-0.15, -0.1) is 0 Å². The molecule has 0 spiro atoms. The Balaban J connectivity index is 1.51. The zero-order valence-corrected chi connectivity index (χ0v) is 13.4. The summed E-state index contributed by atoms with van der Waals surface area (Å²) < 4.78 is 16.0. The van der Waals surface area contributed by atoms with Crippen molar-refractivity contribution in [3.8, 4) is 22.8 Å². The summed E-state index contributed by atoms with van der Waals surface area (Å²) in [5.74, 6) is 1.02. The summed E-state index contributed by atoms with van der Waals surface area (Å²) in [4.78, 5) is 12.5. The van der Waals surface area contributed by atoms with E-state index in [1.54, 1.807) is 12.1 Å². The van der Waals surface area contributed by atoms with Gasteiger partial charge in [0.05, 0.1) is 0 Å². The summed E-state index contributed by atoms with van der Waals surface area (Å²) in [6.07, 6.45) is -0.780. The molecule has 0 unspecified atom stereocenters. The number of carbonyl (C=O) groups excluding carboxylic acids is 1. The number of anilines is 1. The number of benzene rings is 2. The molecule has 2 aromatic carbocycles. The fraction of sp³-hybridized carbons (Fsp3) is 0.167. The van der Waals surface area contributed by atoms with Gasteiger partial charge in [-0.2, -0.15) is 0 Å². The SMILES string of the molecule is Cc1ccc(-c2nonc2NC(=O)[C@H]2COc3ccccc3O2)cc1. The van der Waals surface area contributed by atoms with Crippen molar-refractivity contribution in [3.63, 3.8) is 0 Å². The summed E-state index contributed by atoms with van der Waals surface area (Å²) in [5.41, 5.74) is 2.39. The van der Waals surface area contributed by atoms with Crippen LogP contribution in [0.25, 0.3) is 11.3 Å². The maximum absolute atomic E-state index is 12.5. The highest BCUT2D eigenvalue weighted by atomic mass is 16.6. The first-order chi connectivity index (χ1) is 12.2. The topological polar surface area (TPSA) is 86.5 Å². The van der Waals surface area contributed by atoms with Crippen LogP contribution in [0.1, 0.15) is 5.56 Å².